The van der Waals surface area contributed by atoms with E-state index >= 15 is 0 Å². The first-order valence-corrected chi connectivity index (χ1v) is 5.25. The first kappa shape index (κ1) is 13.7. The van der Waals surface area contributed by atoms with E-state index in [1.165, 1.54) is 19.3 Å². The van der Waals surface area contributed by atoms with Crippen LogP contribution >= 0.6 is 0 Å². The molecule has 0 heterocycles. The van der Waals surface area contributed by atoms with E-state index < -0.39 is 5.97 Å². The lowest BCUT2D eigenvalue weighted by Crippen LogP contribution is -2.11. The average molecular weight is 247 g/mol. The number of hydrogen-bond donors (Lipinski definition) is 1. The molecule has 5 heteroatoms. The van der Waals surface area contributed by atoms with E-state index in [0.717, 1.165) is 0 Å². The number of methoxy groups -OCH3 is 1. The van der Waals surface area contributed by atoms with Gasteiger partial charge >= 0.3 is 5.97 Å². The highest BCUT2D eigenvalue weighted by molar-refractivity contribution is 5.98. The number of phenolic OH excluding ortho intramolecular Hbond substituents is 1. The molecule has 0 bridgehead atoms. The first-order valence-electron chi connectivity index (χ1n) is 5.25. The standard InChI is InChI=1S/C13H13NO4/c1-17-6-7-18-13(16)11(9-14)8-10-4-2-3-5-12(10)15/h2-5,8,15H,6-7H2,1H3. The van der Waals surface area contributed by atoms with Crippen molar-refractivity contribution in [2.45, 2.75) is 0 Å². The fourth-order valence-electron chi connectivity index (χ4n) is 1.20. The largest absolute Gasteiger partial charge is 0.507 e. The van der Waals surface area contributed by atoms with Crippen LogP contribution in [0.15, 0.2) is 29.8 Å². The topological polar surface area (TPSA) is 79.5 Å². The van der Waals surface area contributed by atoms with Crippen molar-refractivity contribution in [2.75, 3.05) is 20.3 Å². The number of para-hydroxylation sites is 1. The van der Waals surface area contributed by atoms with E-state index in [2.05, 4.69) is 0 Å². The van der Waals surface area contributed by atoms with Crippen LogP contribution in [0, 0.1) is 11.3 Å². The molecule has 1 aromatic carbocycles. The molecule has 0 saturated heterocycles. The number of hydrogen-bond acceptors (Lipinski definition) is 5. The van der Waals surface area contributed by atoms with Gasteiger partial charge in [-0.05, 0) is 12.1 Å². The number of benzene rings is 1. The molecule has 1 aromatic rings. The number of carbonyl (C=O) groups is 1. The maximum absolute atomic E-state index is 11.5. The van der Waals surface area contributed by atoms with Gasteiger partial charge in [-0.1, -0.05) is 18.2 Å². The Hall–Kier alpha value is -2.32. The molecule has 0 saturated carbocycles. The Morgan fingerprint density at radius 2 is 2.17 bits per heavy atom. The summed E-state index contributed by atoms with van der Waals surface area (Å²) in [6, 6.07) is 8.14. The van der Waals surface area contributed by atoms with Crippen molar-refractivity contribution in [3.05, 3.63) is 35.4 Å². The molecule has 0 radical (unpaired) electrons. The predicted octanol–water partition coefficient (Wildman–Crippen LogP) is 1.49. The smallest absolute Gasteiger partial charge is 0.348 e. The minimum atomic E-state index is -0.738. The zero-order valence-corrected chi connectivity index (χ0v) is 9.92. The number of phenols is 1. The second kappa shape index (κ2) is 7.09. The van der Waals surface area contributed by atoms with E-state index in [-0.39, 0.29) is 24.5 Å². The van der Waals surface area contributed by atoms with E-state index in [1.54, 1.807) is 24.3 Å². The Labute approximate surface area is 105 Å². The molecule has 94 valence electrons. The zero-order valence-electron chi connectivity index (χ0n) is 9.92. The van der Waals surface area contributed by atoms with Gasteiger partial charge < -0.3 is 14.6 Å². The van der Waals surface area contributed by atoms with Crippen molar-refractivity contribution in [3.63, 3.8) is 0 Å². The van der Waals surface area contributed by atoms with Crippen LogP contribution in [0.3, 0.4) is 0 Å². The third kappa shape index (κ3) is 3.92. The minimum Gasteiger partial charge on any atom is -0.507 e. The Morgan fingerprint density at radius 1 is 1.44 bits per heavy atom. The van der Waals surface area contributed by atoms with Crippen LogP contribution in [-0.4, -0.2) is 31.4 Å². The normalized spacial score (nSPS) is 10.8. The van der Waals surface area contributed by atoms with Crippen molar-refractivity contribution < 1.29 is 19.4 Å². The lowest BCUT2D eigenvalue weighted by atomic mass is 10.1. The van der Waals surface area contributed by atoms with Crippen LogP contribution in [0.2, 0.25) is 0 Å². The zero-order chi connectivity index (χ0) is 13.4. The Bertz CT molecular complexity index is 488. The number of rotatable bonds is 5. The van der Waals surface area contributed by atoms with Crippen molar-refractivity contribution in [1.82, 2.24) is 0 Å². The summed E-state index contributed by atoms with van der Waals surface area (Å²) in [5.41, 5.74) is 0.213. The van der Waals surface area contributed by atoms with Crippen molar-refractivity contribution in [1.29, 1.82) is 5.26 Å². The lowest BCUT2D eigenvalue weighted by molar-refractivity contribution is -0.139. The summed E-state index contributed by atoms with van der Waals surface area (Å²) in [5, 5.41) is 18.4. The molecule has 1 N–H and O–H groups in total. The van der Waals surface area contributed by atoms with Gasteiger partial charge in [-0.25, -0.2) is 4.79 Å². The minimum absolute atomic E-state index is 0.00468. The molecule has 0 spiro atoms. The predicted molar refractivity (Wildman–Crippen MR) is 64.5 cm³/mol. The third-order valence-corrected chi connectivity index (χ3v) is 2.10. The van der Waals surface area contributed by atoms with Gasteiger partial charge in [0.25, 0.3) is 0 Å². The molecule has 0 unspecified atom stereocenters. The summed E-state index contributed by atoms with van der Waals surface area (Å²) in [6.07, 6.45) is 1.28. The van der Waals surface area contributed by atoms with E-state index in [0.29, 0.717) is 5.56 Å². The molecular weight excluding hydrogens is 234 g/mol. The molecule has 0 aromatic heterocycles. The van der Waals surface area contributed by atoms with E-state index in [4.69, 9.17) is 14.7 Å². The van der Waals surface area contributed by atoms with Gasteiger partial charge in [0.1, 0.15) is 24.0 Å². The molecule has 0 aliphatic carbocycles. The molecule has 18 heavy (non-hydrogen) atoms. The van der Waals surface area contributed by atoms with Crippen molar-refractivity contribution in [2.24, 2.45) is 0 Å². The molecule has 1 rings (SSSR count). The number of ether oxygens (including phenoxy) is 2. The van der Waals surface area contributed by atoms with Crippen LogP contribution in [0.25, 0.3) is 6.08 Å². The summed E-state index contributed by atoms with van der Waals surface area (Å²) < 4.78 is 9.53. The van der Waals surface area contributed by atoms with Crippen LogP contribution in [0.4, 0.5) is 0 Å². The monoisotopic (exact) mass is 247 g/mol. The second-order valence-electron chi connectivity index (χ2n) is 3.36. The summed E-state index contributed by atoms with van der Waals surface area (Å²) in [7, 11) is 1.48. The molecule has 0 atom stereocenters. The Balaban J connectivity index is 2.81. The lowest BCUT2D eigenvalue weighted by Gasteiger charge is -2.03. The molecule has 0 amide bonds. The van der Waals surface area contributed by atoms with Crippen LogP contribution in [0.1, 0.15) is 5.56 Å². The molecule has 0 aliphatic heterocycles. The maximum atomic E-state index is 11.5. The summed E-state index contributed by atoms with van der Waals surface area (Å²) >= 11 is 0. The van der Waals surface area contributed by atoms with Gasteiger partial charge in [-0.3, -0.25) is 0 Å². The quantitative estimate of drug-likeness (QED) is 0.369. The maximum Gasteiger partial charge on any atom is 0.348 e. The summed E-state index contributed by atoms with van der Waals surface area (Å²) in [4.78, 5) is 11.5. The number of aromatic hydroxyl groups is 1. The fraction of sp³-hybridized carbons (Fsp3) is 0.231. The van der Waals surface area contributed by atoms with Crippen molar-refractivity contribution >= 4 is 12.0 Å². The van der Waals surface area contributed by atoms with Gasteiger partial charge in [0, 0.05) is 12.7 Å². The molecule has 0 fully saturated rings. The highest BCUT2D eigenvalue weighted by Gasteiger charge is 2.11. The van der Waals surface area contributed by atoms with Gasteiger partial charge in [0.15, 0.2) is 0 Å². The van der Waals surface area contributed by atoms with Gasteiger partial charge in [0.2, 0.25) is 0 Å². The van der Waals surface area contributed by atoms with Crippen molar-refractivity contribution in [3.8, 4) is 11.8 Å². The van der Waals surface area contributed by atoms with Crippen LogP contribution in [-0.2, 0) is 14.3 Å². The van der Waals surface area contributed by atoms with E-state index in [9.17, 15) is 9.90 Å². The van der Waals surface area contributed by atoms with Gasteiger partial charge in [-0.15, -0.1) is 0 Å². The number of carbonyl (C=O) groups excluding carboxylic acids is 1. The summed E-state index contributed by atoms with van der Waals surface area (Å²) in [5.74, 6) is -0.743. The average Bonchev–Trinajstić information content (AvgIpc) is 2.38. The first-order chi connectivity index (χ1) is 8.69. The number of nitrogens with zero attached hydrogens (tertiary/aromatic N) is 1. The molecule has 5 nitrogen and oxygen atoms in total. The van der Waals surface area contributed by atoms with Crippen LogP contribution in [0.5, 0.6) is 5.75 Å². The highest BCUT2D eigenvalue weighted by atomic mass is 16.6. The second-order valence-corrected chi connectivity index (χ2v) is 3.36. The third-order valence-electron chi connectivity index (χ3n) is 2.10. The van der Waals surface area contributed by atoms with E-state index in [1.807, 2.05) is 0 Å². The molecule has 0 aliphatic rings. The van der Waals surface area contributed by atoms with Gasteiger partial charge in [0.05, 0.1) is 6.61 Å². The summed E-state index contributed by atoms with van der Waals surface area (Å²) in [6.45, 7) is 0.343. The highest BCUT2D eigenvalue weighted by Crippen LogP contribution is 2.19. The fourth-order valence-corrected chi connectivity index (χ4v) is 1.20. The molecular formula is C13H13NO4. The Kier molecular flexibility index (Phi) is 5.42. The Morgan fingerprint density at radius 3 is 2.78 bits per heavy atom. The SMILES string of the molecule is COCCOC(=O)C(C#N)=Cc1ccccc1O. The number of esters is 1. The van der Waals surface area contributed by atoms with Gasteiger partial charge in [-0.2, -0.15) is 5.26 Å². The van der Waals surface area contributed by atoms with Crippen LogP contribution < -0.4 is 0 Å². The number of nitriles is 1.